The molecule has 1 saturated carbocycles. The minimum atomic E-state index is 0. The van der Waals surface area contributed by atoms with Gasteiger partial charge in [-0.3, -0.25) is 0 Å². The predicted octanol–water partition coefficient (Wildman–Crippen LogP) is 3.20. The molecule has 1 spiro atoms. The van der Waals surface area contributed by atoms with Crippen LogP contribution in [0.4, 0.5) is 0 Å². The van der Waals surface area contributed by atoms with E-state index in [1.54, 1.807) is 0 Å². The van der Waals surface area contributed by atoms with Crippen molar-refractivity contribution < 1.29 is 4.74 Å². The SMILES string of the molecule is Cl.NC1CC2(CCCC2)Oc2ccccc21. The van der Waals surface area contributed by atoms with Crippen LogP contribution in [0.25, 0.3) is 0 Å². The predicted molar refractivity (Wildman–Crippen MR) is 67.1 cm³/mol. The second-order valence-electron chi connectivity index (χ2n) is 4.84. The third kappa shape index (κ3) is 1.80. The Hall–Kier alpha value is -0.730. The number of rotatable bonds is 0. The molecule has 0 aromatic heterocycles. The summed E-state index contributed by atoms with van der Waals surface area (Å²) in [4.78, 5) is 0. The maximum atomic E-state index is 6.22. The minimum absolute atomic E-state index is 0. The third-order valence-electron chi connectivity index (χ3n) is 3.75. The van der Waals surface area contributed by atoms with Crippen LogP contribution >= 0.6 is 12.4 Å². The molecule has 1 aromatic carbocycles. The Balaban J connectivity index is 0.000000963. The molecule has 0 radical (unpaired) electrons. The van der Waals surface area contributed by atoms with E-state index in [1.165, 1.54) is 31.2 Å². The summed E-state index contributed by atoms with van der Waals surface area (Å²) in [6, 6.07) is 8.36. The fourth-order valence-corrected chi connectivity index (χ4v) is 2.99. The molecule has 88 valence electrons. The first-order valence-electron chi connectivity index (χ1n) is 5.83. The summed E-state index contributed by atoms with van der Waals surface area (Å²) in [6.07, 6.45) is 5.91. The van der Waals surface area contributed by atoms with Crippen LogP contribution in [0.5, 0.6) is 5.75 Å². The van der Waals surface area contributed by atoms with E-state index in [4.69, 9.17) is 10.5 Å². The maximum absolute atomic E-state index is 6.22. The number of nitrogens with two attached hydrogens (primary N) is 1. The summed E-state index contributed by atoms with van der Waals surface area (Å²) in [6.45, 7) is 0. The lowest BCUT2D eigenvalue weighted by molar-refractivity contribution is 0.0426. The highest BCUT2D eigenvalue weighted by atomic mass is 35.5. The van der Waals surface area contributed by atoms with Gasteiger partial charge in [-0.2, -0.15) is 0 Å². The van der Waals surface area contributed by atoms with Crippen LogP contribution in [0.2, 0.25) is 0 Å². The normalized spacial score (nSPS) is 25.7. The molecule has 1 aromatic rings. The highest BCUT2D eigenvalue weighted by molar-refractivity contribution is 5.85. The lowest BCUT2D eigenvalue weighted by atomic mass is 9.86. The quantitative estimate of drug-likeness (QED) is 0.755. The molecule has 1 atom stereocenters. The second-order valence-corrected chi connectivity index (χ2v) is 4.84. The third-order valence-corrected chi connectivity index (χ3v) is 3.75. The zero-order chi connectivity index (χ0) is 10.3. The largest absolute Gasteiger partial charge is 0.487 e. The smallest absolute Gasteiger partial charge is 0.124 e. The van der Waals surface area contributed by atoms with E-state index in [9.17, 15) is 0 Å². The number of hydrogen-bond donors (Lipinski definition) is 1. The molecule has 2 N–H and O–H groups in total. The molecule has 1 unspecified atom stereocenters. The Morgan fingerprint density at radius 2 is 1.88 bits per heavy atom. The first-order valence-corrected chi connectivity index (χ1v) is 5.83. The van der Waals surface area contributed by atoms with Crippen LogP contribution in [0.1, 0.15) is 43.7 Å². The molecule has 1 aliphatic heterocycles. The van der Waals surface area contributed by atoms with Gasteiger partial charge in [-0.05, 0) is 31.7 Å². The molecule has 0 saturated heterocycles. The molecule has 1 fully saturated rings. The van der Waals surface area contributed by atoms with E-state index in [1.807, 2.05) is 12.1 Å². The van der Waals surface area contributed by atoms with E-state index in [0.29, 0.717) is 0 Å². The van der Waals surface area contributed by atoms with Crippen molar-refractivity contribution >= 4 is 12.4 Å². The first kappa shape index (κ1) is 11.7. The van der Waals surface area contributed by atoms with Crippen LogP contribution in [-0.4, -0.2) is 5.60 Å². The lowest BCUT2D eigenvalue weighted by Gasteiger charge is -2.38. The fourth-order valence-electron chi connectivity index (χ4n) is 2.99. The molecule has 3 rings (SSSR count). The molecule has 0 bridgehead atoms. The average molecular weight is 240 g/mol. The first-order chi connectivity index (χ1) is 7.29. The standard InChI is InChI=1S/C13H17NO.ClH/c14-11-9-13(7-3-4-8-13)15-12-6-2-1-5-10(11)12;/h1-2,5-6,11H,3-4,7-9,14H2;1H. The Kier molecular flexibility index (Phi) is 3.13. The highest BCUT2D eigenvalue weighted by Crippen LogP contribution is 2.45. The summed E-state index contributed by atoms with van der Waals surface area (Å²) in [5, 5.41) is 0. The van der Waals surface area contributed by atoms with Crippen molar-refractivity contribution in [3.05, 3.63) is 29.8 Å². The maximum Gasteiger partial charge on any atom is 0.124 e. The number of hydrogen-bond acceptors (Lipinski definition) is 2. The van der Waals surface area contributed by atoms with Crippen molar-refractivity contribution in [3.63, 3.8) is 0 Å². The van der Waals surface area contributed by atoms with Crippen molar-refractivity contribution in [2.75, 3.05) is 0 Å². The Morgan fingerprint density at radius 3 is 2.62 bits per heavy atom. The van der Waals surface area contributed by atoms with Crippen LogP contribution in [0.3, 0.4) is 0 Å². The van der Waals surface area contributed by atoms with Crippen LogP contribution in [0, 0.1) is 0 Å². The van der Waals surface area contributed by atoms with Gasteiger partial charge < -0.3 is 10.5 Å². The Bertz CT molecular complexity index is 374. The van der Waals surface area contributed by atoms with Gasteiger partial charge in [-0.1, -0.05) is 18.2 Å². The van der Waals surface area contributed by atoms with E-state index in [2.05, 4.69) is 12.1 Å². The van der Waals surface area contributed by atoms with E-state index >= 15 is 0 Å². The molecule has 2 nitrogen and oxygen atoms in total. The summed E-state index contributed by atoms with van der Waals surface area (Å²) in [5.74, 6) is 1.01. The topological polar surface area (TPSA) is 35.2 Å². The molecule has 16 heavy (non-hydrogen) atoms. The summed E-state index contributed by atoms with van der Waals surface area (Å²) >= 11 is 0. The van der Waals surface area contributed by atoms with Crippen molar-refractivity contribution in [2.24, 2.45) is 5.73 Å². The molecule has 3 heteroatoms. The summed E-state index contributed by atoms with van der Waals surface area (Å²) in [5.41, 5.74) is 7.46. The number of ether oxygens (including phenoxy) is 1. The molecule has 2 aliphatic rings. The Morgan fingerprint density at radius 1 is 1.19 bits per heavy atom. The number of halogens is 1. The van der Waals surface area contributed by atoms with E-state index in [0.717, 1.165) is 12.2 Å². The van der Waals surface area contributed by atoms with E-state index < -0.39 is 0 Å². The molecular weight excluding hydrogens is 222 g/mol. The van der Waals surface area contributed by atoms with Gasteiger partial charge in [0.05, 0.1) is 0 Å². The van der Waals surface area contributed by atoms with Gasteiger partial charge >= 0.3 is 0 Å². The van der Waals surface area contributed by atoms with Gasteiger partial charge in [0.15, 0.2) is 0 Å². The van der Waals surface area contributed by atoms with Crippen LogP contribution < -0.4 is 10.5 Å². The van der Waals surface area contributed by atoms with Crippen molar-refractivity contribution in [1.82, 2.24) is 0 Å². The Labute approximate surface area is 103 Å². The zero-order valence-corrected chi connectivity index (χ0v) is 10.1. The number of benzene rings is 1. The molecule has 1 heterocycles. The van der Waals surface area contributed by atoms with Gasteiger partial charge in [0.25, 0.3) is 0 Å². The monoisotopic (exact) mass is 239 g/mol. The van der Waals surface area contributed by atoms with Gasteiger partial charge in [0.1, 0.15) is 11.4 Å². The lowest BCUT2D eigenvalue weighted by Crippen LogP contribution is -2.40. The zero-order valence-electron chi connectivity index (χ0n) is 9.32. The molecule has 0 amide bonds. The van der Waals surface area contributed by atoms with Crippen LogP contribution in [-0.2, 0) is 0 Å². The van der Waals surface area contributed by atoms with Crippen molar-refractivity contribution in [1.29, 1.82) is 0 Å². The highest BCUT2D eigenvalue weighted by Gasteiger charge is 2.41. The summed E-state index contributed by atoms with van der Waals surface area (Å²) in [7, 11) is 0. The average Bonchev–Trinajstić information content (AvgIpc) is 2.66. The minimum Gasteiger partial charge on any atom is -0.487 e. The van der Waals surface area contributed by atoms with Crippen molar-refractivity contribution in [3.8, 4) is 5.75 Å². The van der Waals surface area contributed by atoms with E-state index in [-0.39, 0.29) is 24.0 Å². The second kappa shape index (κ2) is 4.27. The summed E-state index contributed by atoms with van der Waals surface area (Å²) < 4.78 is 6.17. The number of para-hydroxylation sites is 1. The van der Waals surface area contributed by atoms with Gasteiger partial charge in [0, 0.05) is 18.0 Å². The number of fused-ring (bicyclic) bond motifs is 1. The molecular formula is C13H18ClNO. The van der Waals surface area contributed by atoms with Crippen molar-refractivity contribution in [2.45, 2.75) is 43.7 Å². The fraction of sp³-hybridized carbons (Fsp3) is 0.538. The molecule has 1 aliphatic carbocycles. The van der Waals surface area contributed by atoms with Gasteiger partial charge in [-0.25, -0.2) is 0 Å². The van der Waals surface area contributed by atoms with Crippen LogP contribution in [0.15, 0.2) is 24.3 Å². The van der Waals surface area contributed by atoms with Gasteiger partial charge in [0.2, 0.25) is 0 Å². The van der Waals surface area contributed by atoms with Gasteiger partial charge in [-0.15, -0.1) is 12.4 Å².